The molecule has 0 fully saturated rings. The second kappa shape index (κ2) is 11.1. The van der Waals surface area contributed by atoms with E-state index in [-0.39, 0.29) is 18.3 Å². The molecule has 0 aliphatic heterocycles. The quantitative estimate of drug-likeness (QED) is 0.456. The lowest BCUT2D eigenvalue weighted by Gasteiger charge is -2.22. The van der Waals surface area contributed by atoms with Crippen LogP contribution in [0.5, 0.6) is 0 Å². The summed E-state index contributed by atoms with van der Waals surface area (Å²) >= 11 is 3.31. The van der Waals surface area contributed by atoms with Crippen molar-refractivity contribution in [2.24, 2.45) is 0 Å². The second-order valence-corrected chi connectivity index (χ2v) is 5.71. The Hall–Kier alpha value is -1.47. The van der Waals surface area contributed by atoms with E-state index in [1.165, 1.54) is 6.20 Å². The van der Waals surface area contributed by atoms with Crippen LogP contribution in [-0.2, 0) is 14.3 Å². The first kappa shape index (κ1) is 19.6. The molecule has 1 aromatic rings. The molecule has 1 aromatic heterocycles. The van der Waals surface area contributed by atoms with E-state index in [2.05, 4.69) is 20.9 Å². The Balaban J connectivity index is 2.68. The summed E-state index contributed by atoms with van der Waals surface area (Å²) in [6.45, 7) is 6.09. The Kier molecular flexibility index (Phi) is 9.47. The highest BCUT2D eigenvalue weighted by molar-refractivity contribution is 9.10. The van der Waals surface area contributed by atoms with Crippen molar-refractivity contribution >= 4 is 27.8 Å². The fourth-order valence-corrected chi connectivity index (χ4v) is 2.35. The van der Waals surface area contributed by atoms with Crippen molar-refractivity contribution in [3.05, 3.63) is 28.5 Å². The highest BCUT2D eigenvalue weighted by Gasteiger charge is 2.17. The van der Waals surface area contributed by atoms with Gasteiger partial charge in [-0.05, 0) is 42.3 Å². The normalized spacial score (nSPS) is 10.4. The van der Waals surface area contributed by atoms with Crippen molar-refractivity contribution in [2.45, 2.75) is 26.7 Å². The van der Waals surface area contributed by atoms with Gasteiger partial charge in [-0.2, -0.15) is 0 Å². The van der Waals surface area contributed by atoms with Crippen LogP contribution in [0, 0.1) is 0 Å². The van der Waals surface area contributed by atoms with Gasteiger partial charge < -0.3 is 14.4 Å². The number of carbonyl (C=O) groups is 2. The van der Waals surface area contributed by atoms with E-state index < -0.39 is 0 Å². The molecule has 0 atom stereocenters. The molecule has 1 heterocycles. The maximum absolute atomic E-state index is 12.6. The van der Waals surface area contributed by atoms with Crippen molar-refractivity contribution in [1.82, 2.24) is 9.88 Å². The maximum atomic E-state index is 12.6. The third-order valence-electron chi connectivity index (χ3n) is 3.05. The number of rotatable bonds is 10. The molecule has 1 amide bonds. The van der Waals surface area contributed by atoms with Gasteiger partial charge in [-0.1, -0.05) is 0 Å². The van der Waals surface area contributed by atoms with Crippen molar-refractivity contribution in [3.8, 4) is 0 Å². The lowest BCUT2D eigenvalue weighted by molar-refractivity contribution is -0.143. The predicted octanol–water partition coefficient (Wildman–Crippen LogP) is 2.67. The Morgan fingerprint density at radius 1 is 1.22 bits per heavy atom. The van der Waals surface area contributed by atoms with Gasteiger partial charge in [0.05, 0.1) is 18.6 Å². The van der Waals surface area contributed by atoms with Crippen LogP contribution in [0.25, 0.3) is 0 Å². The molecule has 0 saturated heterocycles. The van der Waals surface area contributed by atoms with Crippen LogP contribution in [0.15, 0.2) is 22.9 Å². The smallest absolute Gasteiger partial charge is 0.307 e. The van der Waals surface area contributed by atoms with Crippen LogP contribution in [0.4, 0.5) is 0 Å². The average molecular weight is 387 g/mol. The molecule has 0 aromatic carbocycles. The molecule has 0 unspecified atom stereocenters. The number of halogens is 1. The molecular weight excluding hydrogens is 364 g/mol. The van der Waals surface area contributed by atoms with Crippen LogP contribution >= 0.6 is 15.9 Å². The summed E-state index contributed by atoms with van der Waals surface area (Å²) in [5.74, 6) is -0.456. The predicted molar refractivity (Wildman–Crippen MR) is 90.2 cm³/mol. The first-order valence-corrected chi connectivity index (χ1v) is 8.51. The summed E-state index contributed by atoms with van der Waals surface area (Å²) in [4.78, 5) is 29.8. The van der Waals surface area contributed by atoms with Gasteiger partial charge in [0.2, 0.25) is 0 Å². The first-order valence-electron chi connectivity index (χ1n) is 7.71. The van der Waals surface area contributed by atoms with Crippen LogP contribution in [0.2, 0.25) is 0 Å². The molecular formula is C16H23BrN2O4. The number of pyridine rings is 1. The SMILES string of the molecule is CCOCCCN(CCC(=O)OCC)C(=O)c1cncc(Br)c1. The molecule has 0 aliphatic rings. The minimum absolute atomic E-state index is 0.153. The molecule has 0 N–H and O–H groups in total. The Bertz CT molecular complexity index is 511. The third kappa shape index (κ3) is 7.56. The molecule has 7 heteroatoms. The number of ether oxygens (including phenoxy) is 2. The summed E-state index contributed by atoms with van der Waals surface area (Å²) in [7, 11) is 0. The lowest BCUT2D eigenvalue weighted by Crippen LogP contribution is -2.34. The first-order chi connectivity index (χ1) is 11.1. The van der Waals surface area contributed by atoms with E-state index in [0.29, 0.717) is 44.9 Å². The zero-order chi connectivity index (χ0) is 17.1. The maximum Gasteiger partial charge on any atom is 0.307 e. The summed E-state index contributed by atoms with van der Waals surface area (Å²) in [6.07, 6.45) is 4.03. The largest absolute Gasteiger partial charge is 0.466 e. The summed E-state index contributed by atoms with van der Waals surface area (Å²) in [6, 6.07) is 1.72. The van der Waals surface area contributed by atoms with Crippen LogP contribution in [0.1, 0.15) is 37.0 Å². The van der Waals surface area contributed by atoms with E-state index in [0.717, 1.165) is 4.47 Å². The molecule has 1 rings (SSSR count). The van der Waals surface area contributed by atoms with Crippen molar-refractivity contribution in [2.75, 3.05) is 32.9 Å². The van der Waals surface area contributed by atoms with Crippen LogP contribution < -0.4 is 0 Å². The fraction of sp³-hybridized carbons (Fsp3) is 0.562. The highest BCUT2D eigenvalue weighted by Crippen LogP contribution is 2.12. The lowest BCUT2D eigenvalue weighted by atomic mass is 10.2. The number of amides is 1. The van der Waals surface area contributed by atoms with E-state index in [1.807, 2.05) is 6.92 Å². The molecule has 0 spiro atoms. The summed E-state index contributed by atoms with van der Waals surface area (Å²) in [5, 5.41) is 0. The topological polar surface area (TPSA) is 68.7 Å². The zero-order valence-corrected chi connectivity index (χ0v) is 15.2. The number of aromatic nitrogens is 1. The summed E-state index contributed by atoms with van der Waals surface area (Å²) < 4.78 is 11.0. The van der Waals surface area contributed by atoms with Crippen molar-refractivity contribution < 1.29 is 19.1 Å². The third-order valence-corrected chi connectivity index (χ3v) is 3.48. The number of carbonyl (C=O) groups excluding carboxylic acids is 2. The van der Waals surface area contributed by atoms with Gasteiger partial charge in [0.15, 0.2) is 0 Å². The Morgan fingerprint density at radius 3 is 2.65 bits per heavy atom. The standard InChI is InChI=1S/C16H23BrN2O4/c1-3-22-9-5-7-19(8-6-15(20)23-4-2)16(21)13-10-14(17)12-18-11-13/h10-12H,3-9H2,1-2H3. The molecule has 6 nitrogen and oxygen atoms in total. The molecule has 0 aliphatic carbocycles. The van der Waals surface area contributed by atoms with Gasteiger partial charge in [-0.3, -0.25) is 14.6 Å². The average Bonchev–Trinajstić information content (AvgIpc) is 2.54. The highest BCUT2D eigenvalue weighted by atomic mass is 79.9. The van der Waals surface area contributed by atoms with Gasteiger partial charge in [-0.15, -0.1) is 0 Å². The van der Waals surface area contributed by atoms with E-state index in [9.17, 15) is 9.59 Å². The minimum Gasteiger partial charge on any atom is -0.466 e. The fourth-order valence-electron chi connectivity index (χ4n) is 1.99. The second-order valence-electron chi connectivity index (χ2n) is 4.79. The van der Waals surface area contributed by atoms with Gasteiger partial charge in [0.1, 0.15) is 0 Å². The number of hydrogen-bond donors (Lipinski definition) is 0. The Labute approximate surface area is 145 Å². The number of esters is 1. The molecule has 0 saturated carbocycles. The number of hydrogen-bond acceptors (Lipinski definition) is 5. The van der Waals surface area contributed by atoms with Gasteiger partial charge in [-0.25, -0.2) is 0 Å². The summed E-state index contributed by atoms with van der Waals surface area (Å²) in [5.41, 5.74) is 0.486. The van der Waals surface area contributed by atoms with Gasteiger partial charge in [0, 0.05) is 43.2 Å². The minimum atomic E-state index is -0.303. The van der Waals surface area contributed by atoms with Crippen molar-refractivity contribution in [1.29, 1.82) is 0 Å². The zero-order valence-electron chi connectivity index (χ0n) is 13.6. The molecule has 0 radical (unpaired) electrons. The molecule has 0 bridgehead atoms. The van der Waals surface area contributed by atoms with E-state index in [4.69, 9.17) is 9.47 Å². The Morgan fingerprint density at radius 2 is 2.00 bits per heavy atom. The van der Waals surface area contributed by atoms with Crippen LogP contribution in [-0.4, -0.2) is 54.7 Å². The monoisotopic (exact) mass is 386 g/mol. The van der Waals surface area contributed by atoms with Gasteiger partial charge in [0.25, 0.3) is 5.91 Å². The van der Waals surface area contributed by atoms with E-state index in [1.54, 1.807) is 24.1 Å². The van der Waals surface area contributed by atoms with Gasteiger partial charge >= 0.3 is 5.97 Å². The molecule has 128 valence electrons. The van der Waals surface area contributed by atoms with Crippen molar-refractivity contribution in [3.63, 3.8) is 0 Å². The van der Waals surface area contributed by atoms with E-state index >= 15 is 0 Å². The molecule has 23 heavy (non-hydrogen) atoms. The van der Waals surface area contributed by atoms with Crippen LogP contribution in [0.3, 0.4) is 0 Å². The number of nitrogens with zero attached hydrogens (tertiary/aromatic N) is 2.